The lowest BCUT2D eigenvalue weighted by Crippen LogP contribution is -1.84. The molecule has 2 heterocycles. The van der Waals surface area contributed by atoms with Gasteiger partial charge in [0.15, 0.2) is 0 Å². The molecule has 0 radical (unpaired) electrons. The van der Waals surface area contributed by atoms with Gasteiger partial charge in [-0.2, -0.15) is 0 Å². The highest BCUT2D eigenvalue weighted by Gasteiger charge is 2.09. The zero-order valence-corrected chi connectivity index (χ0v) is 12.6. The average molecular weight is 302 g/mol. The van der Waals surface area contributed by atoms with Crippen LogP contribution in [0.25, 0.3) is 33.6 Å². The number of ether oxygens (including phenoxy) is 1. The van der Waals surface area contributed by atoms with Crippen LogP contribution in [0.5, 0.6) is 5.75 Å². The molecule has 0 fully saturated rings. The fourth-order valence-corrected chi connectivity index (χ4v) is 2.51. The predicted molar refractivity (Wildman–Crippen MR) is 89.2 cm³/mol. The second-order valence-corrected chi connectivity index (χ2v) is 5.18. The van der Waals surface area contributed by atoms with E-state index in [-0.39, 0.29) is 0 Å². The van der Waals surface area contributed by atoms with Gasteiger partial charge in [-0.1, -0.05) is 6.07 Å². The first-order chi connectivity index (χ1) is 11.3. The van der Waals surface area contributed by atoms with E-state index in [2.05, 4.69) is 9.97 Å². The monoisotopic (exact) mass is 302 g/mol. The van der Waals surface area contributed by atoms with Crippen molar-refractivity contribution in [2.75, 3.05) is 7.11 Å². The molecule has 0 bridgehead atoms. The van der Waals surface area contributed by atoms with Crippen LogP contribution in [-0.4, -0.2) is 17.1 Å². The number of hydrogen-bond donors (Lipinski definition) is 0. The van der Waals surface area contributed by atoms with E-state index >= 15 is 0 Å². The molecular weight excluding hydrogens is 288 g/mol. The van der Waals surface area contributed by atoms with Crippen LogP contribution < -0.4 is 4.74 Å². The molecule has 23 heavy (non-hydrogen) atoms. The zero-order valence-electron chi connectivity index (χ0n) is 12.6. The summed E-state index contributed by atoms with van der Waals surface area (Å²) < 4.78 is 10.8. The van der Waals surface area contributed by atoms with Crippen molar-refractivity contribution < 1.29 is 9.15 Å². The number of aromatic nitrogens is 2. The number of pyridine rings is 1. The van der Waals surface area contributed by atoms with Gasteiger partial charge in [-0.15, -0.1) is 0 Å². The smallest absolute Gasteiger partial charge is 0.226 e. The molecule has 0 aliphatic rings. The van der Waals surface area contributed by atoms with Gasteiger partial charge in [-0.05, 0) is 48.5 Å². The lowest BCUT2D eigenvalue weighted by atomic mass is 10.1. The van der Waals surface area contributed by atoms with E-state index in [0.717, 1.165) is 33.5 Å². The van der Waals surface area contributed by atoms with Crippen LogP contribution >= 0.6 is 0 Å². The number of oxazole rings is 1. The SMILES string of the molecule is COc1ccc(-c2coc(-c3ccc4ncccc4c3)n2)cc1. The maximum absolute atomic E-state index is 5.65. The molecule has 0 unspecified atom stereocenters. The van der Waals surface area contributed by atoms with Gasteiger partial charge in [0, 0.05) is 22.7 Å². The Labute approximate surface area is 133 Å². The van der Waals surface area contributed by atoms with E-state index in [1.165, 1.54) is 0 Å². The Hall–Kier alpha value is -3.14. The number of methoxy groups -OCH3 is 1. The van der Waals surface area contributed by atoms with Crippen molar-refractivity contribution in [3.63, 3.8) is 0 Å². The highest BCUT2D eigenvalue weighted by Crippen LogP contribution is 2.27. The van der Waals surface area contributed by atoms with Crippen molar-refractivity contribution in [3.8, 4) is 28.5 Å². The third kappa shape index (κ3) is 2.55. The maximum atomic E-state index is 5.65. The fraction of sp³-hybridized carbons (Fsp3) is 0.0526. The summed E-state index contributed by atoms with van der Waals surface area (Å²) in [6.07, 6.45) is 3.46. The van der Waals surface area contributed by atoms with Gasteiger partial charge in [0.2, 0.25) is 5.89 Å². The molecule has 112 valence electrons. The van der Waals surface area contributed by atoms with Crippen molar-refractivity contribution >= 4 is 10.9 Å². The number of fused-ring (bicyclic) bond motifs is 1. The van der Waals surface area contributed by atoms with E-state index in [0.29, 0.717) is 5.89 Å². The number of benzene rings is 2. The van der Waals surface area contributed by atoms with Crippen LogP contribution in [-0.2, 0) is 0 Å². The van der Waals surface area contributed by atoms with Crippen LogP contribution in [0.1, 0.15) is 0 Å². The summed E-state index contributed by atoms with van der Waals surface area (Å²) >= 11 is 0. The van der Waals surface area contributed by atoms with Gasteiger partial charge in [0.05, 0.1) is 12.6 Å². The van der Waals surface area contributed by atoms with Crippen molar-refractivity contribution in [1.82, 2.24) is 9.97 Å². The molecule has 0 saturated carbocycles. The van der Waals surface area contributed by atoms with Gasteiger partial charge in [0.25, 0.3) is 0 Å². The topological polar surface area (TPSA) is 48.2 Å². The van der Waals surface area contributed by atoms with Crippen LogP contribution in [0.15, 0.2) is 71.5 Å². The summed E-state index contributed by atoms with van der Waals surface area (Å²) in [7, 11) is 1.65. The lowest BCUT2D eigenvalue weighted by Gasteiger charge is -2.00. The Bertz CT molecular complexity index is 958. The Morgan fingerprint density at radius 3 is 2.61 bits per heavy atom. The van der Waals surface area contributed by atoms with Crippen molar-refractivity contribution in [2.24, 2.45) is 0 Å². The summed E-state index contributed by atoms with van der Waals surface area (Å²) in [5, 5.41) is 1.06. The molecule has 2 aromatic heterocycles. The molecule has 0 aliphatic heterocycles. The Morgan fingerprint density at radius 1 is 0.957 bits per heavy atom. The molecule has 0 spiro atoms. The second kappa shape index (κ2) is 5.57. The van der Waals surface area contributed by atoms with E-state index in [9.17, 15) is 0 Å². The van der Waals surface area contributed by atoms with Crippen molar-refractivity contribution in [3.05, 3.63) is 67.1 Å². The molecule has 4 rings (SSSR count). The lowest BCUT2D eigenvalue weighted by molar-refractivity contribution is 0.415. The summed E-state index contributed by atoms with van der Waals surface area (Å²) in [6.45, 7) is 0. The van der Waals surface area contributed by atoms with Crippen molar-refractivity contribution in [1.29, 1.82) is 0 Å². The average Bonchev–Trinajstić information content (AvgIpc) is 3.11. The molecule has 0 atom stereocenters. The Kier molecular flexibility index (Phi) is 3.27. The first-order valence-corrected chi connectivity index (χ1v) is 7.28. The van der Waals surface area contributed by atoms with Crippen molar-refractivity contribution in [2.45, 2.75) is 0 Å². The summed E-state index contributed by atoms with van der Waals surface area (Å²) in [4.78, 5) is 8.91. The van der Waals surface area contributed by atoms with Gasteiger partial charge in [0.1, 0.15) is 17.7 Å². The van der Waals surface area contributed by atoms with Gasteiger partial charge < -0.3 is 9.15 Å². The van der Waals surface area contributed by atoms with E-state index < -0.39 is 0 Å². The number of rotatable bonds is 3. The number of nitrogens with zero attached hydrogens (tertiary/aromatic N) is 2. The highest BCUT2D eigenvalue weighted by atomic mass is 16.5. The van der Waals surface area contributed by atoms with E-state index in [1.807, 2.05) is 54.6 Å². The van der Waals surface area contributed by atoms with Crippen LogP contribution in [0.2, 0.25) is 0 Å². The van der Waals surface area contributed by atoms with Crippen LogP contribution in [0.3, 0.4) is 0 Å². The molecule has 0 N–H and O–H groups in total. The van der Waals surface area contributed by atoms with Crippen LogP contribution in [0.4, 0.5) is 0 Å². The summed E-state index contributed by atoms with van der Waals surface area (Å²) in [5.74, 6) is 1.42. The third-order valence-corrected chi connectivity index (χ3v) is 3.74. The molecular formula is C19H14N2O2. The van der Waals surface area contributed by atoms with Gasteiger partial charge in [-0.25, -0.2) is 4.98 Å². The molecule has 0 aliphatic carbocycles. The van der Waals surface area contributed by atoms with E-state index in [1.54, 1.807) is 19.6 Å². The molecule has 0 saturated heterocycles. The summed E-state index contributed by atoms with van der Waals surface area (Å²) in [6, 6.07) is 17.7. The first-order valence-electron chi connectivity index (χ1n) is 7.28. The standard InChI is InChI=1S/C19H14N2O2/c1-22-16-7-4-13(5-8-16)18-12-23-19(21-18)15-6-9-17-14(11-15)3-2-10-20-17/h2-12H,1H3. The quantitative estimate of drug-likeness (QED) is 0.556. The Balaban J connectivity index is 1.70. The van der Waals surface area contributed by atoms with Gasteiger partial charge >= 0.3 is 0 Å². The Morgan fingerprint density at radius 2 is 1.78 bits per heavy atom. The number of hydrogen-bond acceptors (Lipinski definition) is 4. The maximum Gasteiger partial charge on any atom is 0.226 e. The van der Waals surface area contributed by atoms with Crippen LogP contribution in [0, 0.1) is 0 Å². The first kappa shape index (κ1) is 13.5. The normalized spacial score (nSPS) is 10.8. The predicted octanol–water partition coefficient (Wildman–Crippen LogP) is 4.57. The highest BCUT2D eigenvalue weighted by molar-refractivity contribution is 5.83. The largest absolute Gasteiger partial charge is 0.497 e. The third-order valence-electron chi connectivity index (χ3n) is 3.74. The van der Waals surface area contributed by atoms with Gasteiger partial charge in [-0.3, -0.25) is 4.98 Å². The van der Waals surface area contributed by atoms with E-state index in [4.69, 9.17) is 9.15 Å². The molecule has 4 aromatic rings. The molecule has 4 nitrogen and oxygen atoms in total. The minimum Gasteiger partial charge on any atom is -0.497 e. The fourth-order valence-electron chi connectivity index (χ4n) is 2.51. The minimum absolute atomic E-state index is 0.599. The molecule has 2 aromatic carbocycles. The zero-order chi connectivity index (χ0) is 15.6. The molecule has 0 amide bonds. The molecule has 4 heteroatoms. The second-order valence-electron chi connectivity index (χ2n) is 5.18. The summed E-state index contributed by atoms with van der Waals surface area (Å²) in [5.41, 5.74) is 3.68. The minimum atomic E-state index is 0.599.